The number of carbonyl (C=O) groups is 1. The maximum atomic E-state index is 13.1. The molecule has 2 fully saturated rings. The summed E-state index contributed by atoms with van der Waals surface area (Å²) in [5, 5.41) is 3.25. The first-order valence-corrected chi connectivity index (χ1v) is 12.2. The molecule has 0 radical (unpaired) electrons. The van der Waals surface area contributed by atoms with Crippen LogP contribution in [-0.4, -0.2) is 42.3 Å². The lowest BCUT2D eigenvalue weighted by atomic mass is 9.87. The van der Waals surface area contributed by atoms with E-state index < -0.39 is 15.5 Å². The number of aromatic nitrogens is 1. The minimum Gasteiger partial charge on any atom is -0.350 e. The van der Waals surface area contributed by atoms with Crippen LogP contribution in [0.4, 0.5) is 0 Å². The van der Waals surface area contributed by atoms with Crippen molar-refractivity contribution in [3.05, 3.63) is 40.2 Å². The molecule has 30 heavy (non-hydrogen) atoms. The molecule has 0 unspecified atom stereocenters. The van der Waals surface area contributed by atoms with Gasteiger partial charge in [0.1, 0.15) is 5.56 Å². The number of rotatable bonds is 4. The Labute approximate surface area is 177 Å². The van der Waals surface area contributed by atoms with Crippen LogP contribution >= 0.6 is 0 Å². The Balaban J connectivity index is 1.69. The third-order valence-electron chi connectivity index (χ3n) is 6.46. The number of nitrogens with one attached hydrogen (secondary N) is 1. The van der Waals surface area contributed by atoms with Crippen LogP contribution in [0.2, 0.25) is 0 Å². The Morgan fingerprint density at radius 3 is 2.43 bits per heavy atom. The number of aryl methyl sites for hydroxylation is 1. The van der Waals surface area contributed by atoms with Gasteiger partial charge in [0.05, 0.1) is 10.4 Å². The quantitative estimate of drug-likeness (QED) is 0.806. The fourth-order valence-corrected chi connectivity index (χ4v) is 6.08. The van der Waals surface area contributed by atoms with Gasteiger partial charge in [-0.1, -0.05) is 6.92 Å². The molecule has 1 aliphatic heterocycles. The molecule has 0 atom stereocenters. The summed E-state index contributed by atoms with van der Waals surface area (Å²) in [7, 11) is -1.88. The molecule has 1 aromatic heterocycles. The van der Waals surface area contributed by atoms with E-state index in [2.05, 4.69) is 12.2 Å². The van der Waals surface area contributed by atoms with E-state index in [1.165, 1.54) is 10.4 Å². The summed E-state index contributed by atoms with van der Waals surface area (Å²) in [6.07, 6.45) is 7.20. The zero-order chi connectivity index (χ0) is 21.5. The molecule has 0 spiro atoms. The predicted octanol–water partition coefficient (Wildman–Crippen LogP) is 2.63. The van der Waals surface area contributed by atoms with Crippen molar-refractivity contribution in [2.45, 2.75) is 56.4 Å². The summed E-state index contributed by atoms with van der Waals surface area (Å²) in [5.74, 6) is 0.285. The van der Waals surface area contributed by atoms with Crippen LogP contribution in [0.15, 0.2) is 34.1 Å². The number of benzene rings is 1. The highest BCUT2D eigenvalue weighted by molar-refractivity contribution is 7.89. The fourth-order valence-electron chi connectivity index (χ4n) is 4.54. The Kier molecular flexibility index (Phi) is 5.72. The van der Waals surface area contributed by atoms with Crippen molar-refractivity contribution in [2.75, 3.05) is 13.1 Å². The molecule has 1 aliphatic carbocycles. The fraction of sp³-hybridized carbons (Fsp3) is 0.545. The zero-order valence-electron chi connectivity index (χ0n) is 17.6. The Hall–Kier alpha value is -2.19. The van der Waals surface area contributed by atoms with Crippen molar-refractivity contribution in [3.8, 4) is 0 Å². The lowest BCUT2D eigenvalue weighted by molar-refractivity contribution is 0.0921. The molecule has 2 aromatic rings. The van der Waals surface area contributed by atoms with Gasteiger partial charge in [0.15, 0.2) is 0 Å². The van der Waals surface area contributed by atoms with Crippen molar-refractivity contribution < 1.29 is 13.2 Å². The first kappa shape index (κ1) is 21.1. The molecule has 2 aliphatic rings. The third kappa shape index (κ3) is 3.90. The number of pyridine rings is 1. The van der Waals surface area contributed by atoms with Gasteiger partial charge >= 0.3 is 0 Å². The van der Waals surface area contributed by atoms with Gasteiger partial charge in [0, 0.05) is 37.8 Å². The monoisotopic (exact) mass is 431 g/mol. The molecule has 1 saturated heterocycles. The maximum Gasteiger partial charge on any atom is 0.256 e. The second-order valence-corrected chi connectivity index (χ2v) is 10.6. The summed E-state index contributed by atoms with van der Waals surface area (Å²) in [6, 6.07) is 4.68. The van der Waals surface area contributed by atoms with Crippen LogP contribution in [-0.2, 0) is 17.1 Å². The normalized spacial score (nSPS) is 23.0. The van der Waals surface area contributed by atoms with E-state index in [0.717, 1.165) is 38.5 Å². The number of nitrogens with zero attached hydrogens (tertiary/aromatic N) is 2. The van der Waals surface area contributed by atoms with Crippen LogP contribution in [0.5, 0.6) is 0 Å². The van der Waals surface area contributed by atoms with Crippen molar-refractivity contribution in [2.24, 2.45) is 13.0 Å². The van der Waals surface area contributed by atoms with E-state index in [9.17, 15) is 18.0 Å². The van der Waals surface area contributed by atoms with Crippen LogP contribution in [0.1, 0.15) is 55.8 Å². The second-order valence-electron chi connectivity index (χ2n) is 8.70. The lowest BCUT2D eigenvalue weighted by Gasteiger charge is -2.26. The minimum absolute atomic E-state index is 0.0549. The zero-order valence-corrected chi connectivity index (χ0v) is 18.4. The van der Waals surface area contributed by atoms with Gasteiger partial charge in [0.2, 0.25) is 15.5 Å². The largest absolute Gasteiger partial charge is 0.350 e. The minimum atomic E-state index is -3.64. The molecule has 1 aromatic carbocycles. The van der Waals surface area contributed by atoms with E-state index in [0.29, 0.717) is 24.5 Å². The first-order valence-electron chi connectivity index (χ1n) is 10.7. The van der Waals surface area contributed by atoms with Crippen LogP contribution in [0.25, 0.3) is 10.9 Å². The molecule has 1 saturated carbocycles. The lowest BCUT2D eigenvalue weighted by Crippen LogP contribution is -2.39. The second kappa shape index (κ2) is 8.15. The highest BCUT2D eigenvalue weighted by atomic mass is 32.2. The van der Waals surface area contributed by atoms with Crippen molar-refractivity contribution in [1.29, 1.82) is 0 Å². The van der Waals surface area contributed by atoms with E-state index in [4.69, 9.17) is 0 Å². The highest BCUT2D eigenvalue weighted by Crippen LogP contribution is 2.25. The molecule has 2 heterocycles. The number of hydrogen-bond acceptors (Lipinski definition) is 4. The van der Waals surface area contributed by atoms with E-state index in [1.54, 1.807) is 29.9 Å². The highest BCUT2D eigenvalue weighted by Gasteiger charge is 2.28. The van der Waals surface area contributed by atoms with E-state index in [1.807, 2.05) is 0 Å². The molecule has 7 nitrogen and oxygen atoms in total. The van der Waals surface area contributed by atoms with Crippen molar-refractivity contribution >= 4 is 26.8 Å². The average molecular weight is 432 g/mol. The van der Waals surface area contributed by atoms with Crippen LogP contribution in [0.3, 0.4) is 0 Å². The molecule has 1 amide bonds. The van der Waals surface area contributed by atoms with Gasteiger partial charge in [-0.2, -0.15) is 4.31 Å². The summed E-state index contributed by atoms with van der Waals surface area (Å²) >= 11 is 0. The molecular weight excluding hydrogens is 402 g/mol. The summed E-state index contributed by atoms with van der Waals surface area (Å²) in [6.45, 7) is 3.21. The Morgan fingerprint density at radius 2 is 1.77 bits per heavy atom. The smallest absolute Gasteiger partial charge is 0.256 e. The number of hydrogen-bond donors (Lipinski definition) is 1. The molecule has 162 valence electrons. The predicted molar refractivity (Wildman–Crippen MR) is 116 cm³/mol. The topological polar surface area (TPSA) is 88.5 Å². The van der Waals surface area contributed by atoms with Gasteiger partial charge in [0.25, 0.3) is 5.91 Å². The Morgan fingerprint density at radius 1 is 1.10 bits per heavy atom. The number of amides is 1. The standard InChI is InChI=1S/C22H29N3O4S/c1-15-5-7-16(8-6-15)23-22(27)19-14-24(2)20-10-9-17(13-18(20)21(19)26)30(28,29)25-11-3-4-12-25/h9-10,13-16H,3-8,11-12H2,1-2H3,(H,23,27). The third-order valence-corrected chi connectivity index (χ3v) is 8.35. The van der Waals surface area contributed by atoms with Crippen molar-refractivity contribution in [3.63, 3.8) is 0 Å². The number of sulfonamides is 1. The molecule has 4 rings (SSSR count). The van der Waals surface area contributed by atoms with Crippen molar-refractivity contribution in [1.82, 2.24) is 14.2 Å². The SMILES string of the molecule is CC1CCC(NC(=O)c2cn(C)c3ccc(S(=O)(=O)N4CCCC4)cc3c2=O)CC1. The van der Waals surface area contributed by atoms with Gasteiger partial charge in [-0.3, -0.25) is 9.59 Å². The van der Waals surface area contributed by atoms with Gasteiger partial charge < -0.3 is 9.88 Å². The molecule has 1 N–H and O–H groups in total. The molecule has 8 heteroatoms. The van der Waals surface area contributed by atoms with Crippen LogP contribution in [0, 0.1) is 5.92 Å². The van der Waals surface area contributed by atoms with E-state index in [-0.39, 0.29) is 27.8 Å². The van der Waals surface area contributed by atoms with E-state index >= 15 is 0 Å². The maximum absolute atomic E-state index is 13.1. The number of carbonyl (C=O) groups excluding carboxylic acids is 1. The van der Waals surface area contributed by atoms with Gasteiger partial charge in [-0.25, -0.2) is 8.42 Å². The summed E-state index contributed by atoms with van der Waals surface area (Å²) in [4.78, 5) is 26.1. The first-order chi connectivity index (χ1) is 14.3. The van der Waals surface area contributed by atoms with Gasteiger partial charge in [-0.05, 0) is 62.6 Å². The summed E-state index contributed by atoms with van der Waals surface area (Å²) in [5.41, 5.74) is 0.228. The number of fused-ring (bicyclic) bond motifs is 1. The molecule has 0 bridgehead atoms. The average Bonchev–Trinajstić information content (AvgIpc) is 3.28. The Bertz CT molecular complexity index is 1130. The van der Waals surface area contributed by atoms with Crippen LogP contribution < -0.4 is 10.7 Å². The summed E-state index contributed by atoms with van der Waals surface area (Å²) < 4.78 is 29.0. The molecular formula is C22H29N3O4S. The van der Waals surface area contributed by atoms with Gasteiger partial charge in [-0.15, -0.1) is 0 Å².